The van der Waals surface area contributed by atoms with Gasteiger partial charge in [-0.1, -0.05) is 0 Å². The third kappa shape index (κ3) is 5.21. The number of hydrogen-bond acceptors (Lipinski definition) is 2. The molecule has 0 aliphatic rings. The summed E-state index contributed by atoms with van der Waals surface area (Å²) in [5, 5.41) is 0. The summed E-state index contributed by atoms with van der Waals surface area (Å²) in [5.74, 6) is 0. The molecule has 0 spiro atoms. The molecule has 2 nitrogen and oxygen atoms in total. The van der Waals surface area contributed by atoms with Crippen LogP contribution in [0.4, 0.5) is 0 Å². The molecule has 0 saturated heterocycles. The van der Waals surface area contributed by atoms with Crippen molar-refractivity contribution in [1.82, 2.24) is 0 Å². The summed E-state index contributed by atoms with van der Waals surface area (Å²) in [6.45, 7) is 3.65. The van der Waals surface area contributed by atoms with Crippen LogP contribution in [-0.4, -0.2) is 6.21 Å². The predicted octanol–water partition coefficient (Wildman–Crippen LogP) is 0.897. The topological polar surface area (TPSA) is 38.4 Å². The molecule has 0 aliphatic heterocycles. The Morgan fingerprint density at radius 3 is 2.43 bits per heavy atom. The van der Waals surface area contributed by atoms with E-state index in [9.17, 15) is 0 Å². The van der Waals surface area contributed by atoms with Gasteiger partial charge in [0.05, 0.1) is 0 Å². The Morgan fingerprint density at radius 2 is 2.29 bits per heavy atom. The summed E-state index contributed by atoms with van der Waals surface area (Å²) < 4.78 is 0. The molecule has 0 aromatic carbocycles. The lowest BCUT2D eigenvalue weighted by Crippen LogP contribution is -1.87. The quantitative estimate of drug-likeness (QED) is 0.486. The van der Waals surface area contributed by atoms with Crippen LogP contribution in [0.5, 0.6) is 0 Å². The van der Waals surface area contributed by atoms with Crippen LogP contribution in [0.3, 0.4) is 0 Å². The molecule has 0 amide bonds. The van der Waals surface area contributed by atoms with Gasteiger partial charge >= 0.3 is 0 Å². The summed E-state index contributed by atoms with van der Waals surface area (Å²) in [6, 6.07) is 0. The Kier molecular flexibility index (Phi) is 3.02. The van der Waals surface area contributed by atoms with Crippen LogP contribution in [0.15, 0.2) is 16.9 Å². The smallest absolute Gasteiger partial charge is 0.0448 e. The van der Waals surface area contributed by atoms with Crippen LogP contribution in [0, 0.1) is 0 Å². The second-order valence-corrected chi connectivity index (χ2v) is 1.28. The van der Waals surface area contributed by atoms with Gasteiger partial charge in [-0.05, 0) is 13.8 Å². The van der Waals surface area contributed by atoms with E-state index in [1.165, 1.54) is 0 Å². The summed E-state index contributed by atoms with van der Waals surface area (Å²) in [6.07, 6.45) is 3.30. The molecule has 0 aliphatic carbocycles. The molecular weight excluding hydrogens is 88.1 g/mol. The molecule has 2 N–H and O–H groups in total. The number of rotatable bonds is 1. The van der Waals surface area contributed by atoms with Gasteiger partial charge in [-0.3, -0.25) is 4.99 Å². The van der Waals surface area contributed by atoms with Crippen LogP contribution < -0.4 is 5.73 Å². The van der Waals surface area contributed by atoms with E-state index in [1.54, 1.807) is 19.3 Å². The zero-order chi connectivity index (χ0) is 5.70. The Bertz CT molecular complexity index is 88.3. The molecule has 7 heavy (non-hydrogen) atoms. The Balaban J connectivity index is 3.46. The van der Waals surface area contributed by atoms with Gasteiger partial charge in [-0.2, -0.15) is 0 Å². The van der Waals surface area contributed by atoms with Gasteiger partial charge in [0.25, 0.3) is 0 Å². The number of aliphatic imine (C=N–C) groups is 1. The van der Waals surface area contributed by atoms with E-state index in [4.69, 9.17) is 5.73 Å². The summed E-state index contributed by atoms with van der Waals surface area (Å²) in [7, 11) is 0. The van der Waals surface area contributed by atoms with Gasteiger partial charge < -0.3 is 5.73 Å². The van der Waals surface area contributed by atoms with Gasteiger partial charge in [0.15, 0.2) is 0 Å². The lowest BCUT2D eigenvalue weighted by atomic mass is 10.6. The van der Waals surface area contributed by atoms with Crippen LogP contribution in [0.1, 0.15) is 13.8 Å². The normalized spacial score (nSPS) is 13.1. The Labute approximate surface area is 43.7 Å². The fourth-order valence-electron chi connectivity index (χ4n) is 0.192. The van der Waals surface area contributed by atoms with Crippen LogP contribution in [-0.2, 0) is 0 Å². The van der Waals surface area contributed by atoms with Crippen molar-refractivity contribution in [2.75, 3.05) is 0 Å². The standard InChI is InChI=1S/C5H10N2/c1-3-7-4-5(2)6/h3-4H,6H2,1-2H3/b5-4+,7-3?. The van der Waals surface area contributed by atoms with Gasteiger partial charge in [0.1, 0.15) is 0 Å². The van der Waals surface area contributed by atoms with Crippen molar-refractivity contribution in [1.29, 1.82) is 0 Å². The van der Waals surface area contributed by atoms with Crippen molar-refractivity contribution in [2.45, 2.75) is 13.8 Å². The highest BCUT2D eigenvalue weighted by Crippen LogP contribution is 1.77. The predicted molar refractivity (Wildman–Crippen MR) is 32.1 cm³/mol. The fraction of sp³-hybridized carbons (Fsp3) is 0.400. The molecule has 0 atom stereocenters. The molecule has 40 valence electrons. The highest BCUT2D eigenvalue weighted by molar-refractivity contribution is 5.54. The lowest BCUT2D eigenvalue weighted by Gasteiger charge is -1.79. The van der Waals surface area contributed by atoms with Crippen LogP contribution in [0.25, 0.3) is 0 Å². The van der Waals surface area contributed by atoms with E-state index >= 15 is 0 Å². The van der Waals surface area contributed by atoms with Gasteiger partial charge in [-0.25, -0.2) is 0 Å². The Morgan fingerprint density at radius 1 is 1.71 bits per heavy atom. The first-order chi connectivity index (χ1) is 3.27. The molecule has 0 bridgehead atoms. The number of nitrogens with two attached hydrogens (primary N) is 1. The molecule has 0 rings (SSSR count). The maximum absolute atomic E-state index is 5.23. The van der Waals surface area contributed by atoms with Crippen molar-refractivity contribution in [3.63, 3.8) is 0 Å². The molecule has 0 saturated carbocycles. The van der Waals surface area contributed by atoms with Crippen molar-refractivity contribution in [3.05, 3.63) is 11.9 Å². The van der Waals surface area contributed by atoms with Crippen molar-refractivity contribution in [3.8, 4) is 0 Å². The third-order valence-corrected chi connectivity index (χ3v) is 0.427. The average molecular weight is 98.1 g/mol. The zero-order valence-corrected chi connectivity index (χ0v) is 4.68. The Hall–Kier alpha value is -0.790. The van der Waals surface area contributed by atoms with Crippen molar-refractivity contribution < 1.29 is 0 Å². The van der Waals surface area contributed by atoms with E-state index in [1.807, 2.05) is 6.92 Å². The monoisotopic (exact) mass is 98.1 g/mol. The molecule has 0 radical (unpaired) electrons. The first-order valence-electron chi connectivity index (χ1n) is 2.17. The largest absolute Gasteiger partial charge is 0.401 e. The van der Waals surface area contributed by atoms with Crippen LogP contribution >= 0.6 is 0 Å². The maximum atomic E-state index is 5.23. The highest BCUT2D eigenvalue weighted by atomic mass is 14.7. The molecule has 0 heterocycles. The van der Waals surface area contributed by atoms with Gasteiger partial charge in [0, 0.05) is 18.1 Å². The zero-order valence-electron chi connectivity index (χ0n) is 4.68. The minimum absolute atomic E-state index is 0.734. The van der Waals surface area contributed by atoms with Gasteiger partial charge in [0.2, 0.25) is 0 Å². The summed E-state index contributed by atoms with van der Waals surface area (Å²) in [4.78, 5) is 3.76. The van der Waals surface area contributed by atoms with Gasteiger partial charge in [-0.15, -0.1) is 0 Å². The minimum Gasteiger partial charge on any atom is -0.401 e. The SMILES string of the molecule is CC=N/C=C(\C)N. The van der Waals surface area contributed by atoms with E-state index in [2.05, 4.69) is 4.99 Å². The van der Waals surface area contributed by atoms with E-state index < -0.39 is 0 Å². The maximum Gasteiger partial charge on any atom is 0.0448 e. The fourth-order valence-corrected chi connectivity index (χ4v) is 0.192. The number of allylic oxidation sites excluding steroid dienone is 1. The third-order valence-electron chi connectivity index (χ3n) is 0.427. The first-order valence-corrected chi connectivity index (χ1v) is 2.17. The average Bonchev–Trinajstić information content (AvgIpc) is 1.61. The van der Waals surface area contributed by atoms with Crippen LogP contribution in [0.2, 0.25) is 0 Å². The van der Waals surface area contributed by atoms with Crippen molar-refractivity contribution >= 4 is 6.21 Å². The molecule has 0 fully saturated rings. The molecule has 0 aromatic heterocycles. The molecule has 0 aromatic rings. The van der Waals surface area contributed by atoms with E-state index in [0.29, 0.717) is 0 Å². The number of nitrogens with zero attached hydrogens (tertiary/aromatic N) is 1. The summed E-state index contributed by atoms with van der Waals surface area (Å²) >= 11 is 0. The molecule has 2 heteroatoms. The second-order valence-electron chi connectivity index (χ2n) is 1.28. The lowest BCUT2D eigenvalue weighted by molar-refractivity contribution is 1.28. The minimum atomic E-state index is 0.734. The van der Waals surface area contributed by atoms with Crippen molar-refractivity contribution in [2.24, 2.45) is 10.7 Å². The number of hydrogen-bond donors (Lipinski definition) is 1. The summed E-state index contributed by atoms with van der Waals surface area (Å²) in [5.41, 5.74) is 5.96. The second kappa shape index (κ2) is 3.40. The van der Waals surface area contributed by atoms with E-state index in [-0.39, 0.29) is 0 Å². The highest BCUT2D eigenvalue weighted by Gasteiger charge is 1.66. The molecule has 0 unspecified atom stereocenters. The first kappa shape index (κ1) is 6.21. The van der Waals surface area contributed by atoms with E-state index in [0.717, 1.165) is 5.70 Å². The molecular formula is C5H10N2.